The van der Waals surface area contributed by atoms with Crippen LogP contribution in [0.5, 0.6) is 0 Å². The summed E-state index contributed by atoms with van der Waals surface area (Å²) in [5, 5.41) is 19.4. The Balaban J connectivity index is 1.56. The first kappa shape index (κ1) is 27.7. The predicted octanol–water partition coefficient (Wildman–Crippen LogP) is 4.53. The van der Waals surface area contributed by atoms with Crippen molar-refractivity contribution < 1.29 is 17.6 Å². The Kier molecular flexibility index (Phi) is 7.20. The van der Waals surface area contributed by atoms with Gasteiger partial charge in [-0.25, -0.2) is 9.37 Å². The molecule has 3 aromatic heterocycles. The molecule has 4 aromatic rings. The highest BCUT2D eigenvalue weighted by Crippen LogP contribution is 2.36. The van der Waals surface area contributed by atoms with Crippen LogP contribution >= 0.6 is 0 Å². The van der Waals surface area contributed by atoms with Crippen molar-refractivity contribution >= 4 is 16.7 Å². The van der Waals surface area contributed by atoms with E-state index < -0.39 is 29.2 Å². The number of piperazine rings is 1. The van der Waals surface area contributed by atoms with E-state index in [0.29, 0.717) is 47.6 Å². The Morgan fingerprint density at radius 3 is 2.46 bits per heavy atom. The van der Waals surface area contributed by atoms with Crippen LogP contribution in [0, 0.1) is 28.5 Å². The number of hydrogen-bond acceptors (Lipinski definition) is 7. The average Bonchev–Trinajstić information content (AvgIpc) is 2.95. The van der Waals surface area contributed by atoms with Gasteiger partial charge in [-0.15, -0.1) is 0 Å². The normalized spacial score (nSPS) is 16.8. The summed E-state index contributed by atoms with van der Waals surface area (Å²) in [6.45, 7) is 2.85. The van der Waals surface area contributed by atoms with Crippen LogP contribution in [0.25, 0.3) is 11.0 Å². The maximum atomic E-state index is 14.3. The van der Waals surface area contributed by atoms with E-state index in [0.717, 1.165) is 12.3 Å². The van der Waals surface area contributed by atoms with Gasteiger partial charge in [0.05, 0.1) is 28.5 Å². The summed E-state index contributed by atoms with van der Waals surface area (Å²) in [6.07, 6.45) is -3.78. The summed E-state index contributed by atoms with van der Waals surface area (Å²) >= 11 is 0. The number of hydrogen-bond donors (Lipinski definition) is 0. The maximum Gasteiger partial charge on any atom is 0.417 e. The van der Waals surface area contributed by atoms with Crippen molar-refractivity contribution in [1.82, 2.24) is 19.4 Å². The molecule has 0 spiro atoms. The number of benzene rings is 1. The summed E-state index contributed by atoms with van der Waals surface area (Å²) in [4.78, 5) is 25.5. The van der Waals surface area contributed by atoms with Gasteiger partial charge in [0.15, 0.2) is 0 Å². The minimum absolute atomic E-state index is 0.102. The highest BCUT2D eigenvalue weighted by Gasteiger charge is 2.36. The van der Waals surface area contributed by atoms with Crippen LogP contribution in [0.4, 0.5) is 23.2 Å². The lowest BCUT2D eigenvalue weighted by Gasteiger charge is -2.45. The van der Waals surface area contributed by atoms with E-state index in [1.165, 1.54) is 41.9 Å². The summed E-state index contributed by atoms with van der Waals surface area (Å²) < 4.78 is 55.3. The number of halogens is 4. The number of nitriles is 2. The Labute approximate surface area is 232 Å². The smallest absolute Gasteiger partial charge is 0.366 e. The summed E-state index contributed by atoms with van der Waals surface area (Å²) in [6, 6.07) is 14.3. The van der Waals surface area contributed by atoms with E-state index in [4.69, 9.17) is 0 Å². The van der Waals surface area contributed by atoms with E-state index in [1.807, 2.05) is 28.9 Å². The molecule has 0 amide bonds. The second-order valence-electron chi connectivity index (χ2n) is 9.84. The molecule has 208 valence electrons. The molecule has 1 unspecified atom stereocenters. The van der Waals surface area contributed by atoms with Gasteiger partial charge in [-0.05, 0) is 48.9 Å². The van der Waals surface area contributed by atoms with Crippen LogP contribution in [-0.4, -0.2) is 45.1 Å². The third-order valence-electron chi connectivity index (χ3n) is 7.33. The number of rotatable bonds is 4. The monoisotopic (exact) mass is 561 g/mol. The van der Waals surface area contributed by atoms with Gasteiger partial charge >= 0.3 is 6.18 Å². The van der Waals surface area contributed by atoms with Gasteiger partial charge in [-0.1, -0.05) is 12.1 Å². The lowest BCUT2D eigenvalue weighted by atomic mass is 9.97. The van der Waals surface area contributed by atoms with Crippen LogP contribution < -0.4 is 10.5 Å². The fourth-order valence-corrected chi connectivity index (χ4v) is 5.37. The van der Waals surface area contributed by atoms with E-state index in [9.17, 15) is 32.9 Å². The first-order valence-corrected chi connectivity index (χ1v) is 12.7. The highest BCUT2D eigenvalue weighted by atomic mass is 19.4. The number of alkyl halides is 3. The Morgan fingerprint density at radius 1 is 1.07 bits per heavy atom. The molecule has 8 nitrogen and oxygen atoms in total. The van der Waals surface area contributed by atoms with Crippen molar-refractivity contribution in [3.8, 4) is 12.1 Å². The summed E-state index contributed by atoms with van der Waals surface area (Å²) in [5.41, 5.74) is 0.617. The molecule has 1 aliphatic rings. The fourth-order valence-electron chi connectivity index (χ4n) is 5.37. The predicted molar refractivity (Wildman–Crippen MR) is 142 cm³/mol. The maximum absolute atomic E-state index is 14.3. The Morgan fingerprint density at radius 2 is 1.85 bits per heavy atom. The zero-order valence-corrected chi connectivity index (χ0v) is 22.0. The zero-order valence-electron chi connectivity index (χ0n) is 22.0. The van der Waals surface area contributed by atoms with E-state index >= 15 is 0 Å². The van der Waals surface area contributed by atoms with E-state index in [2.05, 4.69) is 9.97 Å². The first-order valence-electron chi connectivity index (χ1n) is 12.7. The van der Waals surface area contributed by atoms with Gasteiger partial charge in [-0.2, -0.15) is 23.7 Å². The molecule has 0 aliphatic carbocycles. The van der Waals surface area contributed by atoms with Gasteiger partial charge in [-0.3, -0.25) is 14.7 Å². The fraction of sp³-hybridized carbons (Fsp3) is 0.276. The molecule has 0 saturated carbocycles. The molecule has 1 fully saturated rings. The zero-order chi connectivity index (χ0) is 29.5. The van der Waals surface area contributed by atoms with Crippen LogP contribution in [0.15, 0.2) is 59.5 Å². The SMILES string of the molecule is C[C@@H]1CN(c2c(C#N)c(=O)n(C)c3ccc(C#N)nc23)CCN1C(c1cccc(F)c1)c1ccc(C(F)(F)F)cn1. The van der Waals surface area contributed by atoms with Crippen molar-refractivity contribution in [1.29, 1.82) is 10.5 Å². The van der Waals surface area contributed by atoms with Crippen LogP contribution in [0.2, 0.25) is 0 Å². The average molecular weight is 562 g/mol. The Hall–Kier alpha value is -4.81. The Bertz CT molecular complexity index is 1770. The first-order chi connectivity index (χ1) is 19.5. The largest absolute Gasteiger partial charge is 0.417 e. The molecular weight excluding hydrogens is 538 g/mol. The second kappa shape index (κ2) is 10.6. The van der Waals surface area contributed by atoms with Crippen molar-refractivity contribution in [2.45, 2.75) is 25.2 Å². The van der Waals surface area contributed by atoms with Gasteiger partial charge in [0, 0.05) is 38.9 Å². The minimum atomic E-state index is -4.55. The molecule has 2 atom stereocenters. The van der Waals surface area contributed by atoms with Gasteiger partial charge < -0.3 is 9.47 Å². The molecule has 4 heterocycles. The van der Waals surface area contributed by atoms with E-state index in [-0.39, 0.29) is 17.3 Å². The van der Waals surface area contributed by atoms with Gasteiger partial charge in [0.1, 0.15) is 34.7 Å². The number of anilines is 1. The minimum Gasteiger partial charge on any atom is -0.366 e. The third kappa shape index (κ3) is 5.10. The lowest BCUT2D eigenvalue weighted by molar-refractivity contribution is -0.137. The number of fused-ring (bicyclic) bond motifs is 1. The molecule has 1 aliphatic heterocycles. The topological polar surface area (TPSA) is 102 Å². The molecule has 41 heavy (non-hydrogen) atoms. The second-order valence-corrected chi connectivity index (χ2v) is 9.84. The molecular formula is C29H23F4N7O. The van der Waals surface area contributed by atoms with Crippen LogP contribution in [0.1, 0.15) is 41.0 Å². The summed E-state index contributed by atoms with van der Waals surface area (Å²) in [5.74, 6) is -0.490. The summed E-state index contributed by atoms with van der Waals surface area (Å²) in [7, 11) is 1.53. The van der Waals surface area contributed by atoms with Crippen molar-refractivity contribution in [2.24, 2.45) is 7.05 Å². The van der Waals surface area contributed by atoms with Crippen LogP contribution in [-0.2, 0) is 13.2 Å². The lowest BCUT2D eigenvalue weighted by Crippen LogP contribution is -2.54. The molecule has 0 N–H and O–H groups in total. The van der Waals surface area contributed by atoms with E-state index in [1.54, 1.807) is 12.1 Å². The van der Waals surface area contributed by atoms with Crippen molar-refractivity contribution in [3.05, 3.63) is 99.0 Å². The molecule has 12 heteroatoms. The van der Waals surface area contributed by atoms with Gasteiger partial charge in [0.2, 0.25) is 0 Å². The van der Waals surface area contributed by atoms with Gasteiger partial charge in [0.25, 0.3) is 5.56 Å². The molecule has 1 aromatic carbocycles. The van der Waals surface area contributed by atoms with Crippen molar-refractivity contribution in [3.63, 3.8) is 0 Å². The molecule has 5 rings (SSSR count). The highest BCUT2D eigenvalue weighted by molar-refractivity contribution is 5.92. The van der Waals surface area contributed by atoms with Crippen LogP contribution in [0.3, 0.4) is 0 Å². The third-order valence-corrected chi connectivity index (χ3v) is 7.33. The number of aryl methyl sites for hydroxylation is 1. The standard InChI is InChI=1S/C29H23F4N7O/c1-17-16-39(27-22(14-35)28(41)38(2)24-9-7-21(13-34)37-25(24)27)10-11-40(17)26(18-4-3-5-20(30)12-18)23-8-6-19(15-36-23)29(31,32)33/h3-9,12,15,17,26H,10-11,16H2,1-2H3/t17-,26?/m1/s1. The van der Waals surface area contributed by atoms with Crippen molar-refractivity contribution in [2.75, 3.05) is 24.5 Å². The molecule has 1 saturated heterocycles. The number of nitrogens with zero attached hydrogens (tertiary/aromatic N) is 7. The molecule has 0 bridgehead atoms. The number of aromatic nitrogens is 3. The molecule has 0 radical (unpaired) electrons. The quantitative estimate of drug-likeness (QED) is 0.338. The number of pyridine rings is 3.